The molecule has 0 saturated carbocycles. The van der Waals surface area contributed by atoms with Crippen LogP contribution in [0.3, 0.4) is 0 Å². The summed E-state index contributed by atoms with van der Waals surface area (Å²) >= 11 is 0. The summed E-state index contributed by atoms with van der Waals surface area (Å²) in [6, 6.07) is 13.0. The van der Waals surface area contributed by atoms with E-state index in [0.29, 0.717) is 35.9 Å². The second-order valence-electron chi connectivity index (χ2n) is 5.79. The molecule has 26 heavy (non-hydrogen) atoms. The molecule has 2 aromatic rings. The molecule has 0 aromatic heterocycles. The first-order valence-electron chi connectivity index (χ1n) is 8.19. The summed E-state index contributed by atoms with van der Waals surface area (Å²) in [5.74, 6) is 1.22. The van der Waals surface area contributed by atoms with E-state index in [2.05, 4.69) is 5.10 Å². The molecule has 0 aliphatic carbocycles. The molecule has 2 N–H and O–H groups in total. The molecule has 0 saturated heterocycles. The molecule has 0 bridgehead atoms. The highest BCUT2D eigenvalue weighted by Crippen LogP contribution is 2.28. The summed E-state index contributed by atoms with van der Waals surface area (Å²) in [6.45, 7) is 0.534. The zero-order valence-corrected chi connectivity index (χ0v) is 14.8. The number of nitrogen functional groups attached to an aromatic ring is 1. The molecule has 7 heteroatoms. The van der Waals surface area contributed by atoms with Crippen LogP contribution in [-0.4, -0.2) is 44.2 Å². The van der Waals surface area contributed by atoms with Crippen molar-refractivity contribution in [2.24, 2.45) is 5.10 Å². The Labute approximate surface area is 152 Å². The van der Waals surface area contributed by atoms with Crippen LogP contribution in [0, 0.1) is 0 Å². The quantitative estimate of drug-likeness (QED) is 0.805. The summed E-state index contributed by atoms with van der Waals surface area (Å²) in [4.78, 5) is 12.0. The van der Waals surface area contributed by atoms with E-state index in [1.807, 2.05) is 36.4 Å². The molecule has 1 amide bonds. The van der Waals surface area contributed by atoms with Gasteiger partial charge in [0.25, 0.3) is 0 Å². The molecule has 1 heterocycles. The minimum Gasteiger partial charge on any atom is -0.493 e. The Balaban J connectivity index is 1.77. The number of carbonyl (C=O) groups excluding carboxylic acids is 1. The first kappa shape index (κ1) is 17.6. The predicted molar refractivity (Wildman–Crippen MR) is 98.7 cm³/mol. The van der Waals surface area contributed by atoms with Gasteiger partial charge in [-0.1, -0.05) is 12.1 Å². The fourth-order valence-corrected chi connectivity index (χ4v) is 2.64. The van der Waals surface area contributed by atoms with Crippen molar-refractivity contribution in [3.63, 3.8) is 0 Å². The lowest BCUT2D eigenvalue weighted by atomic mass is 10.1. The van der Waals surface area contributed by atoms with E-state index in [1.165, 1.54) is 5.01 Å². The van der Waals surface area contributed by atoms with Crippen molar-refractivity contribution in [3.05, 3.63) is 53.6 Å². The molecule has 7 nitrogen and oxygen atoms in total. The number of nitrogens with two attached hydrogens (primary N) is 1. The molecule has 0 unspecified atom stereocenters. The monoisotopic (exact) mass is 355 g/mol. The van der Waals surface area contributed by atoms with Crippen LogP contribution in [0.1, 0.15) is 11.1 Å². The standard InChI is InChI=1S/C19H21N3O4/c1-24-17-8-5-14(11-18(17)25-2)16-12-26-19(23)22(21-16)10-9-13-3-6-15(20)7-4-13/h3-8,11H,9-10,12,20H2,1-2H3. The van der Waals surface area contributed by atoms with E-state index in [0.717, 1.165) is 11.1 Å². The molecular weight excluding hydrogens is 334 g/mol. The molecule has 0 spiro atoms. The SMILES string of the molecule is COc1ccc(C2=NN(CCc3ccc(N)cc3)C(=O)OC2)cc1OC. The van der Waals surface area contributed by atoms with Gasteiger partial charge in [-0.2, -0.15) is 10.1 Å². The van der Waals surface area contributed by atoms with Gasteiger partial charge >= 0.3 is 6.09 Å². The molecule has 136 valence electrons. The Bertz CT molecular complexity index is 818. The number of hydrazone groups is 1. The second-order valence-corrected chi connectivity index (χ2v) is 5.79. The minimum atomic E-state index is -0.454. The van der Waals surface area contributed by atoms with E-state index in [-0.39, 0.29) is 6.61 Å². The zero-order valence-electron chi connectivity index (χ0n) is 14.8. The first-order valence-corrected chi connectivity index (χ1v) is 8.19. The maximum Gasteiger partial charge on any atom is 0.430 e. The van der Waals surface area contributed by atoms with Crippen LogP contribution >= 0.6 is 0 Å². The van der Waals surface area contributed by atoms with Gasteiger partial charge in [-0.15, -0.1) is 0 Å². The third-order valence-electron chi connectivity index (χ3n) is 4.09. The number of anilines is 1. The fourth-order valence-electron chi connectivity index (χ4n) is 2.64. The molecule has 1 aliphatic heterocycles. The van der Waals surface area contributed by atoms with Gasteiger partial charge in [0, 0.05) is 11.3 Å². The summed E-state index contributed by atoms with van der Waals surface area (Å²) in [6.07, 6.45) is 0.197. The number of ether oxygens (including phenoxy) is 3. The van der Waals surface area contributed by atoms with Crippen molar-refractivity contribution in [2.75, 3.05) is 33.1 Å². The lowest BCUT2D eigenvalue weighted by Gasteiger charge is -2.24. The van der Waals surface area contributed by atoms with Crippen molar-refractivity contribution < 1.29 is 19.0 Å². The Hall–Kier alpha value is -3.22. The van der Waals surface area contributed by atoms with Gasteiger partial charge < -0.3 is 19.9 Å². The topological polar surface area (TPSA) is 86.4 Å². The summed E-state index contributed by atoms with van der Waals surface area (Å²) in [7, 11) is 3.15. The van der Waals surface area contributed by atoms with Crippen molar-refractivity contribution in [1.82, 2.24) is 5.01 Å². The Morgan fingerprint density at radius 1 is 1.12 bits per heavy atom. The summed E-state index contributed by atoms with van der Waals surface area (Å²) in [5.41, 5.74) is 8.94. The van der Waals surface area contributed by atoms with Crippen molar-refractivity contribution in [3.8, 4) is 11.5 Å². The van der Waals surface area contributed by atoms with E-state index >= 15 is 0 Å². The van der Waals surface area contributed by atoms with E-state index in [9.17, 15) is 4.79 Å². The van der Waals surface area contributed by atoms with Gasteiger partial charge in [0.2, 0.25) is 0 Å². The molecule has 0 fully saturated rings. The van der Waals surface area contributed by atoms with Crippen LogP contribution in [-0.2, 0) is 11.2 Å². The van der Waals surface area contributed by atoms with Gasteiger partial charge in [0.1, 0.15) is 12.3 Å². The van der Waals surface area contributed by atoms with Crippen LogP contribution in [0.15, 0.2) is 47.6 Å². The lowest BCUT2D eigenvalue weighted by Crippen LogP contribution is -2.36. The van der Waals surface area contributed by atoms with Gasteiger partial charge in [-0.05, 0) is 42.3 Å². The molecule has 1 aliphatic rings. The normalized spacial score (nSPS) is 13.8. The summed E-state index contributed by atoms with van der Waals surface area (Å²) < 4.78 is 15.8. The number of benzene rings is 2. The van der Waals surface area contributed by atoms with Gasteiger partial charge in [0.15, 0.2) is 11.5 Å². The lowest BCUT2D eigenvalue weighted by molar-refractivity contribution is 0.108. The number of hydrogen-bond acceptors (Lipinski definition) is 6. The molecule has 2 aromatic carbocycles. The predicted octanol–water partition coefficient (Wildman–Crippen LogP) is 2.69. The first-order chi connectivity index (χ1) is 12.6. The highest BCUT2D eigenvalue weighted by molar-refractivity contribution is 6.04. The number of methoxy groups -OCH3 is 2. The largest absolute Gasteiger partial charge is 0.493 e. The third-order valence-corrected chi connectivity index (χ3v) is 4.09. The van der Waals surface area contributed by atoms with Crippen LogP contribution in [0.25, 0.3) is 0 Å². The van der Waals surface area contributed by atoms with Gasteiger partial charge in [-0.25, -0.2) is 4.79 Å². The fraction of sp³-hybridized carbons (Fsp3) is 0.263. The number of amides is 1. The Morgan fingerprint density at radius 3 is 2.54 bits per heavy atom. The third kappa shape index (κ3) is 3.88. The molecule has 0 radical (unpaired) electrons. The number of cyclic esters (lactones) is 1. The van der Waals surface area contributed by atoms with E-state index < -0.39 is 6.09 Å². The number of nitrogens with zero attached hydrogens (tertiary/aromatic N) is 2. The highest BCUT2D eigenvalue weighted by atomic mass is 16.6. The average molecular weight is 355 g/mol. The minimum absolute atomic E-state index is 0.118. The highest BCUT2D eigenvalue weighted by Gasteiger charge is 2.23. The van der Waals surface area contributed by atoms with Crippen LogP contribution in [0.5, 0.6) is 11.5 Å². The van der Waals surface area contributed by atoms with Crippen molar-refractivity contribution in [2.45, 2.75) is 6.42 Å². The van der Waals surface area contributed by atoms with E-state index in [4.69, 9.17) is 19.9 Å². The van der Waals surface area contributed by atoms with Gasteiger partial charge in [-0.3, -0.25) is 0 Å². The maximum absolute atomic E-state index is 12.0. The number of rotatable bonds is 6. The molecule has 3 rings (SSSR count). The van der Waals surface area contributed by atoms with Crippen molar-refractivity contribution >= 4 is 17.5 Å². The molecule has 0 atom stereocenters. The summed E-state index contributed by atoms with van der Waals surface area (Å²) in [5, 5.41) is 5.79. The van der Waals surface area contributed by atoms with E-state index in [1.54, 1.807) is 20.3 Å². The Morgan fingerprint density at radius 2 is 1.85 bits per heavy atom. The molecular formula is C19H21N3O4. The van der Waals surface area contributed by atoms with Gasteiger partial charge in [0.05, 0.1) is 20.8 Å². The van der Waals surface area contributed by atoms with Crippen molar-refractivity contribution in [1.29, 1.82) is 0 Å². The number of carbonyl (C=O) groups is 1. The number of hydrogen-bond donors (Lipinski definition) is 1. The van der Waals surface area contributed by atoms with Crippen LogP contribution in [0.2, 0.25) is 0 Å². The average Bonchev–Trinajstić information content (AvgIpc) is 2.68. The zero-order chi connectivity index (χ0) is 18.5. The Kier molecular flexibility index (Phi) is 5.26. The second kappa shape index (κ2) is 7.77. The van der Waals surface area contributed by atoms with Crippen LogP contribution in [0.4, 0.5) is 10.5 Å². The van der Waals surface area contributed by atoms with Crippen LogP contribution < -0.4 is 15.2 Å². The maximum atomic E-state index is 12.0. The smallest absolute Gasteiger partial charge is 0.430 e.